The first kappa shape index (κ1) is 18.9. The first-order valence-electron chi connectivity index (χ1n) is 7.48. The molecule has 5 heteroatoms. The molecule has 0 radical (unpaired) electrons. The van der Waals surface area contributed by atoms with Gasteiger partial charge in [-0.1, -0.05) is 27.7 Å². The van der Waals surface area contributed by atoms with Crippen LogP contribution in [0.15, 0.2) is 0 Å². The molecule has 0 fully saturated rings. The number of nitrogens with one attached hydrogen (secondary N) is 1. The first-order chi connectivity index (χ1) is 9.40. The third-order valence-electron chi connectivity index (χ3n) is 3.09. The fourth-order valence-electron chi connectivity index (χ4n) is 1.56. The highest BCUT2D eigenvalue weighted by Crippen LogP contribution is 2.02. The van der Waals surface area contributed by atoms with Crippen LogP contribution in [0.25, 0.3) is 0 Å². The van der Waals surface area contributed by atoms with Crippen LogP contribution in [-0.4, -0.2) is 37.2 Å². The summed E-state index contributed by atoms with van der Waals surface area (Å²) in [5.41, 5.74) is 0. The molecule has 0 aromatic heterocycles. The van der Waals surface area contributed by atoms with Gasteiger partial charge in [-0.15, -0.1) is 0 Å². The Morgan fingerprint density at radius 2 is 1.70 bits per heavy atom. The largest absolute Gasteiger partial charge is 0.454 e. The zero-order valence-corrected chi connectivity index (χ0v) is 13.4. The van der Waals surface area contributed by atoms with Crippen molar-refractivity contribution in [3.63, 3.8) is 0 Å². The molecule has 1 N–H and O–H groups in total. The van der Waals surface area contributed by atoms with Gasteiger partial charge in [0.25, 0.3) is 5.91 Å². The standard InChI is InChI=1S/C15H29NO4/c1-6-13(7-2)16-14(17)10-20-15(18)12(5)19-9-8-11(3)4/h11-13H,6-10H2,1-5H3,(H,16,17). The van der Waals surface area contributed by atoms with Gasteiger partial charge in [-0.05, 0) is 32.1 Å². The van der Waals surface area contributed by atoms with Crippen LogP contribution in [0, 0.1) is 5.92 Å². The lowest BCUT2D eigenvalue weighted by Gasteiger charge is -2.16. The van der Waals surface area contributed by atoms with Gasteiger partial charge in [0.15, 0.2) is 12.7 Å². The summed E-state index contributed by atoms with van der Waals surface area (Å²) in [5, 5.41) is 2.81. The van der Waals surface area contributed by atoms with Gasteiger partial charge in [0, 0.05) is 12.6 Å². The third-order valence-corrected chi connectivity index (χ3v) is 3.09. The summed E-state index contributed by atoms with van der Waals surface area (Å²) in [5.74, 6) is -0.223. The highest BCUT2D eigenvalue weighted by atomic mass is 16.6. The van der Waals surface area contributed by atoms with Crippen LogP contribution in [0.1, 0.15) is 53.9 Å². The molecular formula is C15H29NO4. The van der Waals surface area contributed by atoms with Gasteiger partial charge < -0.3 is 14.8 Å². The lowest BCUT2D eigenvalue weighted by molar-refractivity contribution is -0.159. The second-order valence-electron chi connectivity index (χ2n) is 5.38. The summed E-state index contributed by atoms with van der Waals surface area (Å²) in [6.45, 7) is 10.1. The maximum absolute atomic E-state index is 11.6. The molecule has 0 bridgehead atoms. The number of esters is 1. The van der Waals surface area contributed by atoms with Gasteiger partial charge in [0.05, 0.1) is 0 Å². The molecule has 5 nitrogen and oxygen atoms in total. The van der Waals surface area contributed by atoms with Crippen molar-refractivity contribution >= 4 is 11.9 Å². The van der Waals surface area contributed by atoms with Crippen molar-refractivity contribution < 1.29 is 19.1 Å². The van der Waals surface area contributed by atoms with E-state index in [-0.39, 0.29) is 18.6 Å². The van der Waals surface area contributed by atoms with E-state index in [2.05, 4.69) is 19.2 Å². The predicted octanol–water partition coefficient (Wildman–Crippen LogP) is 2.29. The van der Waals surface area contributed by atoms with Crippen LogP contribution in [0.3, 0.4) is 0 Å². The van der Waals surface area contributed by atoms with Crippen molar-refractivity contribution in [2.75, 3.05) is 13.2 Å². The van der Waals surface area contributed by atoms with E-state index in [1.54, 1.807) is 6.92 Å². The fourth-order valence-corrected chi connectivity index (χ4v) is 1.56. The normalized spacial score (nSPS) is 12.6. The van der Waals surface area contributed by atoms with E-state index in [1.165, 1.54) is 0 Å². The number of hydrogen-bond donors (Lipinski definition) is 1. The topological polar surface area (TPSA) is 64.6 Å². The summed E-state index contributed by atoms with van der Waals surface area (Å²) in [6, 6.07) is 0.140. The average molecular weight is 287 g/mol. The zero-order chi connectivity index (χ0) is 15.5. The summed E-state index contributed by atoms with van der Waals surface area (Å²) in [4.78, 5) is 23.2. The van der Waals surface area contributed by atoms with E-state index in [0.717, 1.165) is 19.3 Å². The van der Waals surface area contributed by atoms with Crippen LogP contribution in [0.5, 0.6) is 0 Å². The van der Waals surface area contributed by atoms with E-state index in [0.29, 0.717) is 12.5 Å². The fraction of sp³-hybridized carbons (Fsp3) is 0.867. The monoisotopic (exact) mass is 287 g/mol. The van der Waals surface area contributed by atoms with Gasteiger partial charge in [-0.3, -0.25) is 4.79 Å². The van der Waals surface area contributed by atoms with Crippen molar-refractivity contribution in [1.29, 1.82) is 0 Å². The molecule has 20 heavy (non-hydrogen) atoms. The molecule has 0 saturated heterocycles. The number of amides is 1. The zero-order valence-electron chi connectivity index (χ0n) is 13.4. The van der Waals surface area contributed by atoms with Crippen LogP contribution >= 0.6 is 0 Å². The van der Waals surface area contributed by atoms with Gasteiger partial charge >= 0.3 is 5.97 Å². The second kappa shape index (κ2) is 10.7. The van der Waals surface area contributed by atoms with Crippen molar-refractivity contribution in [2.24, 2.45) is 5.92 Å². The van der Waals surface area contributed by atoms with Crippen LogP contribution in [0.4, 0.5) is 0 Å². The highest BCUT2D eigenvalue weighted by Gasteiger charge is 2.17. The number of carbonyl (C=O) groups excluding carboxylic acids is 2. The molecule has 0 aliphatic rings. The molecule has 0 aromatic carbocycles. The van der Waals surface area contributed by atoms with Crippen molar-refractivity contribution in [2.45, 2.75) is 66.0 Å². The Morgan fingerprint density at radius 3 is 2.20 bits per heavy atom. The van der Waals surface area contributed by atoms with E-state index in [4.69, 9.17) is 9.47 Å². The second-order valence-corrected chi connectivity index (χ2v) is 5.38. The van der Waals surface area contributed by atoms with Crippen molar-refractivity contribution in [3.8, 4) is 0 Å². The van der Waals surface area contributed by atoms with Crippen LogP contribution in [0.2, 0.25) is 0 Å². The lowest BCUT2D eigenvalue weighted by atomic mass is 10.1. The van der Waals surface area contributed by atoms with E-state index in [9.17, 15) is 9.59 Å². The van der Waals surface area contributed by atoms with Gasteiger partial charge in [0.2, 0.25) is 0 Å². The molecule has 0 aliphatic heterocycles. The van der Waals surface area contributed by atoms with Crippen molar-refractivity contribution in [1.82, 2.24) is 5.32 Å². The number of hydrogen-bond acceptors (Lipinski definition) is 4. The quantitative estimate of drug-likeness (QED) is 0.626. The smallest absolute Gasteiger partial charge is 0.335 e. The van der Waals surface area contributed by atoms with Crippen LogP contribution < -0.4 is 5.32 Å². The Hall–Kier alpha value is -1.10. The van der Waals surface area contributed by atoms with E-state index >= 15 is 0 Å². The molecule has 0 aliphatic carbocycles. The summed E-state index contributed by atoms with van der Waals surface area (Å²) >= 11 is 0. The first-order valence-corrected chi connectivity index (χ1v) is 7.48. The Balaban J connectivity index is 3.88. The molecule has 118 valence electrons. The molecule has 0 saturated carbocycles. The maximum atomic E-state index is 11.6. The van der Waals surface area contributed by atoms with Crippen molar-refractivity contribution in [3.05, 3.63) is 0 Å². The van der Waals surface area contributed by atoms with E-state index in [1.807, 2.05) is 13.8 Å². The molecule has 0 rings (SSSR count). The Kier molecular flexibility index (Phi) is 10.1. The minimum atomic E-state index is -0.630. The van der Waals surface area contributed by atoms with E-state index < -0.39 is 12.1 Å². The van der Waals surface area contributed by atoms with Crippen LogP contribution in [-0.2, 0) is 19.1 Å². The Labute approximate surface area is 122 Å². The summed E-state index contributed by atoms with van der Waals surface area (Å²) in [7, 11) is 0. The maximum Gasteiger partial charge on any atom is 0.335 e. The molecule has 1 unspecified atom stereocenters. The molecular weight excluding hydrogens is 258 g/mol. The lowest BCUT2D eigenvalue weighted by Crippen LogP contribution is -2.38. The number of ether oxygens (including phenoxy) is 2. The van der Waals surface area contributed by atoms with Gasteiger partial charge in [-0.25, -0.2) is 4.79 Å². The summed E-state index contributed by atoms with van der Waals surface area (Å²) in [6.07, 6.45) is 2.00. The molecule has 0 aromatic rings. The highest BCUT2D eigenvalue weighted by molar-refractivity contribution is 5.82. The van der Waals surface area contributed by atoms with Gasteiger partial charge in [0.1, 0.15) is 0 Å². The Morgan fingerprint density at radius 1 is 1.10 bits per heavy atom. The molecule has 0 spiro atoms. The molecule has 1 atom stereocenters. The average Bonchev–Trinajstić information content (AvgIpc) is 2.41. The SMILES string of the molecule is CCC(CC)NC(=O)COC(=O)C(C)OCCC(C)C. The minimum Gasteiger partial charge on any atom is -0.454 e. The Bertz CT molecular complexity index is 288. The molecule has 1 amide bonds. The van der Waals surface area contributed by atoms with Gasteiger partial charge in [-0.2, -0.15) is 0 Å². The predicted molar refractivity (Wildman–Crippen MR) is 78.3 cm³/mol. The summed E-state index contributed by atoms with van der Waals surface area (Å²) < 4.78 is 10.3. The third kappa shape index (κ3) is 8.91. The number of carbonyl (C=O) groups is 2. The number of rotatable bonds is 10. The minimum absolute atomic E-state index is 0.140. The molecule has 0 heterocycles.